The monoisotopic (exact) mass is 356 g/mol. The van der Waals surface area contributed by atoms with Crippen molar-refractivity contribution in [1.82, 2.24) is 10.2 Å². The Morgan fingerprint density at radius 2 is 2.04 bits per heavy atom. The van der Waals surface area contributed by atoms with E-state index < -0.39 is 5.97 Å². The number of amides is 1. The molecule has 3 rings (SSSR count). The van der Waals surface area contributed by atoms with Gasteiger partial charge in [0.15, 0.2) is 5.76 Å². The van der Waals surface area contributed by atoms with Crippen LogP contribution in [0.25, 0.3) is 0 Å². The number of nitrogens with zero attached hydrogens (tertiary/aromatic N) is 1. The highest BCUT2D eigenvalue weighted by atomic mass is 16.4. The Labute approximate surface area is 152 Å². The van der Waals surface area contributed by atoms with Gasteiger partial charge in [-0.15, -0.1) is 0 Å². The molecule has 0 bridgehead atoms. The fourth-order valence-corrected chi connectivity index (χ4v) is 3.32. The summed E-state index contributed by atoms with van der Waals surface area (Å²) in [4.78, 5) is 25.7. The van der Waals surface area contributed by atoms with Crippen molar-refractivity contribution in [2.24, 2.45) is 0 Å². The van der Waals surface area contributed by atoms with E-state index >= 15 is 0 Å². The molecule has 0 saturated heterocycles. The molecule has 0 unspecified atom stereocenters. The second-order valence-electron chi connectivity index (χ2n) is 6.51. The first-order valence-corrected chi connectivity index (χ1v) is 9.01. The highest BCUT2D eigenvalue weighted by Crippen LogP contribution is 2.18. The van der Waals surface area contributed by atoms with Crippen LogP contribution in [-0.2, 0) is 19.4 Å². The molecule has 1 aromatic heterocycles. The molecule has 0 atom stereocenters. The van der Waals surface area contributed by atoms with Gasteiger partial charge in [0.1, 0.15) is 11.3 Å². The molecule has 6 heteroatoms. The van der Waals surface area contributed by atoms with Gasteiger partial charge in [0, 0.05) is 38.7 Å². The zero-order chi connectivity index (χ0) is 18.5. The second-order valence-corrected chi connectivity index (χ2v) is 6.51. The number of carboxylic acids is 1. The lowest BCUT2D eigenvalue weighted by Gasteiger charge is -2.28. The molecule has 2 aromatic rings. The van der Waals surface area contributed by atoms with Gasteiger partial charge in [-0.1, -0.05) is 31.2 Å². The summed E-state index contributed by atoms with van der Waals surface area (Å²) in [5, 5.41) is 11.9. The van der Waals surface area contributed by atoms with Gasteiger partial charge in [0.05, 0.1) is 0 Å². The molecule has 0 spiro atoms. The zero-order valence-electron chi connectivity index (χ0n) is 15.0. The third-order valence-corrected chi connectivity index (χ3v) is 4.73. The largest absolute Gasteiger partial charge is 0.478 e. The number of aromatic carboxylic acids is 1. The van der Waals surface area contributed by atoms with Crippen molar-refractivity contribution < 1.29 is 19.1 Å². The number of nitrogens with one attached hydrogen (secondary N) is 1. The molecule has 0 saturated carbocycles. The van der Waals surface area contributed by atoms with Crippen molar-refractivity contribution in [2.45, 2.75) is 32.7 Å². The first-order chi connectivity index (χ1) is 12.6. The zero-order valence-corrected chi connectivity index (χ0v) is 15.0. The van der Waals surface area contributed by atoms with Crippen LogP contribution in [0.3, 0.4) is 0 Å². The molecule has 2 N–H and O–H groups in total. The van der Waals surface area contributed by atoms with E-state index in [-0.39, 0.29) is 17.2 Å². The van der Waals surface area contributed by atoms with Gasteiger partial charge in [-0.2, -0.15) is 0 Å². The fourth-order valence-electron chi connectivity index (χ4n) is 3.32. The Kier molecular flexibility index (Phi) is 5.73. The standard InChI is InChI=1S/C20H24N2O4/c1-2-17-16(20(24)25)12-18(26-17)19(23)21-9-5-10-22-11-8-14-6-3-4-7-15(14)13-22/h3-4,6-7,12H,2,5,8-11,13H2,1H3,(H,21,23)(H,24,25). The predicted octanol–water partition coefficient (Wildman–Crippen LogP) is 2.72. The number of hydrogen-bond acceptors (Lipinski definition) is 4. The summed E-state index contributed by atoms with van der Waals surface area (Å²) >= 11 is 0. The Morgan fingerprint density at radius 1 is 1.27 bits per heavy atom. The van der Waals surface area contributed by atoms with E-state index in [1.807, 2.05) is 0 Å². The lowest BCUT2D eigenvalue weighted by molar-refractivity contribution is 0.0694. The predicted molar refractivity (Wildman–Crippen MR) is 97.4 cm³/mol. The van der Waals surface area contributed by atoms with Crippen LogP contribution in [0, 0.1) is 0 Å². The summed E-state index contributed by atoms with van der Waals surface area (Å²) in [6.07, 6.45) is 2.33. The SMILES string of the molecule is CCc1oc(C(=O)NCCCN2CCc3ccccc3C2)cc1C(=O)O. The van der Waals surface area contributed by atoms with Crippen molar-refractivity contribution in [3.63, 3.8) is 0 Å². The van der Waals surface area contributed by atoms with E-state index in [1.54, 1.807) is 6.92 Å². The number of aryl methyl sites for hydroxylation is 1. The summed E-state index contributed by atoms with van der Waals surface area (Å²) in [6, 6.07) is 9.82. The van der Waals surface area contributed by atoms with Gasteiger partial charge in [0.25, 0.3) is 5.91 Å². The van der Waals surface area contributed by atoms with E-state index in [0.29, 0.717) is 18.7 Å². The van der Waals surface area contributed by atoms with E-state index in [1.165, 1.54) is 17.2 Å². The van der Waals surface area contributed by atoms with Crippen molar-refractivity contribution in [1.29, 1.82) is 0 Å². The molecule has 0 radical (unpaired) electrons. The maximum Gasteiger partial charge on any atom is 0.339 e. The minimum absolute atomic E-state index is 0.0598. The van der Waals surface area contributed by atoms with Crippen LogP contribution in [-0.4, -0.2) is 41.5 Å². The van der Waals surface area contributed by atoms with Gasteiger partial charge < -0.3 is 14.8 Å². The Bertz CT molecular complexity index is 797. The van der Waals surface area contributed by atoms with Gasteiger partial charge >= 0.3 is 5.97 Å². The average molecular weight is 356 g/mol. The number of fused-ring (bicyclic) bond motifs is 1. The number of carboxylic acid groups (broad SMARTS) is 1. The molecular formula is C20H24N2O4. The molecule has 1 aliphatic rings. The topological polar surface area (TPSA) is 82.8 Å². The Hall–Kier alpha value is -2.60. The lowest BCUT2D eigenvalue weighted by atomic mass is 10.00. The number of rotatable bonds is 7. The summed E-state index contributed by atoms with van der Waals surface area (Å²) in [7, 11) is 0. The minimum Gasteiger partial charge on any atom is -0.478 e. The molecule has 1 aliphatic heterocycles. The van der Waals surface area contributed by atoms with E-state index in [0.717, 1.165) is 32.5 Å². The van der Waals surface area contributed by atoms with Gasteiger partial charge in [0.2, 0.25) is 0 Å². The second kappa shape index (κ2) is 8.19. The Balaban J connectivity index is 1.45. The molecule has 0 aliphatic carbocycles. The maximum absolute atomic E-state index is 12.2. The summed E-state index contributed by atoms with van der Waals surface area (Å²) in [5.74, 6) is -1.05. The number of benzene rings is 1. The van der Waals surface area contributed by atoms with Crippen LogP contribution in [0.4, 0.5) is 0 Å². The van der Waals surface area contributed by atoms with Crippen LogP contribution in [0.2, 0.25) is 0 Å². The third-order valence-electron chi connectivity index (χ3n) is 4.73. The van der Waals surface area contributed by atoms with E-state index in [2.05, 4.69) is 34.5 Å². The van der Waals surface area contributed by atoms with Crippen molar-refractivity contribution in [3.8, 4) is 0 Å². The summed E-state index contributed by atoms with van der Waals surface area (Å²) in [5.41, 5.74) is 2.87. The summed E-state index contributed by atoms with van der Waals surface area (Å²) in [6.45, 7) is 5.22. The van der Waals surface area contributed by atoms with Crippen molar-refractivity contribution in [2.75, 3.05) is 19.6 Å². The highest BCUT2D eigenvalue weighted by molar-refractivity contribution is 5.96. The number of hydrogen-bond donors (Lipinski definition) is 2. The first kappa shape index (κ1) is 18.2. The van der Waals surface area contributed by atoms with Crippen molar-refractivity contribution in [3.05, 3.63) is 58.5 Å². The van der Waals surface area contributed by atoms with Crippen LogP contribution in [0.1, 0.15) is 51.1 Å². The molecular weight excluding hydrogens is 332 g/mol. The number of carbonyl (C=O) groups excluding carboxylic acids is 1. The van der Waals surface area contributed by atoms with E-state index in [4.69, 9.17) is 9.52 Å². The van der Waals surface area contributed by atoms with Gasteiger partial charge in [-0.25, -0.2) is 4.79 Å². The normalized spacial score (nSPS) is 14.0. The molecule has 138 valence electrons. The number of carbonyl (C=O) groups is 2. The van der Waals surface area contributed by atoms with Crippen LogP contribution < -0.4 is 5.32 Å². The van der Waals surface area contributed by atoms with Crippen LogP contribution in [0.5, 0.6) is 0 Å². The minimum atomic E-state index is -1.07. The van der Waals surface area contributed by atoms with Crippen LogP contribution in [0.15, 0.2) is 34.7 Å². The van der Waals surface area contributed by atoms with Gasteiger partial charge in [-0.05, 0) is 24.0 Å². The smallest absolute Gasteiger partial charge is 0.339 e. The van der Waals surface area contributed by atoms with Crippen LogP contribution >= 0.6 is 0 Å². The quantitative estimate of drug-likeness (QED) is 0.746. The molecule has 1 amide bonds. The lowest BCUT2D eigenvalue weighted by Crippen LogP contribution is -2.33. The highest BCUT2D eigenvalue weighted by Gasteiger charge is 2.20. The third kappa shape index (κ3) is 4.14. The Morgan fingerprint density at radius 3 is 2.73 bits per heavy atom. The van der Waals surface area contributed by atoms with Gasteiger partial charge in [-0.3, -0.25) is 9.69 Å². The molecule has 6 nitrogen and oxygen atoms in total. The summed E-state index contributed by atoms with van der Waals surface area (Å²) < 4.78 is 5.37. The fraction of sp³-hybridized carbons (Fsp3) is 0.400. The van der Waals surface area contributed by atoms with Crippen molar-refractivity contribution >= 4 is 11.9 Å². The molecule has 1 aromatic carbocycles. The average Bonchev–Trinajstić information content (AvgIpc) is 3.10. The first-order valence-electron chi connectivity index (χ1n) is 9.01. The molecule has 26 heavy (non-hydrogen) atoms. The number of furan rings is 1. The maximum atomic E-state index is 12.2. The van der Waals surface area contributed by atoms with E-state index in [9.17, 15) is 9.59 Å². The molecule has 2 heterocycles. The molecule has 0 fully saturated rings.